The van der Waals surface area contributed by atoms with Crippen molar-refractivity contribution in [1.82, 2.24) is 15.2 Å². The van der Waals surface area contributed by atoms with Gasteiger partial charge in [0.1, 0.15) is 0 Å². The van der Waals surface area contributed by atoms with Crippen LogP contribution in [0.2, 0.25) is 0 Å². The first-order chi connectivity index (χ1) is 12.2. The molecule has 0 aromatic carbocycles. The molecule has 0 aliphatic carbocycles. The first kappa shape index (κ1) is 23.6. The number of rotatable bonds is 9. The maximum atomic E-state index is 5.81. The van der Waals surface area contributed by atoms with E-state index < -0.39 is 0 Å². The SMILES string of the molecule is CCNC(=NCCCOCC1CCOCC1)N(C)Cc1csc(C)n1.I. The van der Waals surface area contributed by atoms with Gasteiger partial charge >= 0.3 is 0 Å². The largest absolute Gasteiger partial charge is 0.381 e. The van der Waals surface area contributed by atoms with Gasteiger partial charge in [0.2, 0.25) is 0 Å². The molecule has 1 N–H and O–H groups in total. The van der Waals surface area contributed by atoms with Crippen LogP contribution in [0.3, 0.4) is 0 Å². The summed E-state index contributed by atoms with van der Waals surface area (Å²) >= 11 is 1.69. The van der Waals surface area contributed by atoms with Crippen molar-refractivity contribution in [3.63, 3.8) is 0 Å². The van der Waals surface area contributed by atoms with E-state index >= 15 is 0 Å². The highest BCUT2D eigenvalue weighted by Crippen LogP contribution is 2.14. The van der Waals surface area contributed by atoms with Crippen molar-refractivity contribution in [1.29, 1.82) is 0 Å². The van der Waals surface area contributed by atoms with Gasteiger partial charge < -0.3 is 19.7 Å². The molecule has 8 heteroatoms. The van der Waals surface area contributed by atoms with Crippen LogP contribution in [0.15, 0.2) is 10.4 Å². The van der Waals surface area contributed by atoms with Crippen LogP contribution < -0.4 is 5.32 Å². The Bertz CT molecular complexity index is 521. The van der Waals surface area contributed by atoms with Crippen LogP contribution in [0.25, 0.3) is 0 Å². The van der Waals surface area contributed by atoms with Gasteiger partial charge in [-0.1, -0.05) is 0 Å². The highest BCUT2D eigenvalue weighted by molar-refractivity contribution is 14.0. The van der Waals surface area contributed by atoms with Crippen LogP contribution in [-0.2, 0) is 16.0 Å². The smallest absolute Gasteiger partial charge is 0.194 e. The topological polar surface area (TPSA) is 59.0 Å². The van der Waals surface area contributed by atoms with Crippen LogP contribution in [-0.4, -0.2) is 62.4 Å². The van der Waals surface area contributed by atoms with E-state index in [-0.39, 0.29) is 24.0 Å². The lowest BCUT2D eigenvalue weighted by Gasteiger charge is -2.22. The fraction of sp³-hybridized carbons (Fsp3) is 0.778. The van der Waals surface area contributed by atoms with E-state index in [1.807, 2.05) is 6.92 Å². The summed E-state index contributed by atoms with van der Waals surface area (Å²) in [7, 11) is 2.05. The molecule has 1 aliphatic heterocycles. The number of aliphatic imine (C=N–C) groups is 1. The standard InChI is InChI=1S/C18H32N4O2S.HI/c1-4-19-18(22(3)12-17-14-25-15(2)21-17)20-8-5-9-24-13-16-6-10-23-11-7-16;/h14,16H,4-13H2,1-3H3,(H,19,20);1H. The molecule has 2 heterocycles. The summed E-state index contributed by atoms with van der Waals surface area (Å²) in [4.78, 5) is 11.4. The number of aromatic nitrogens is 1. The Morgan fingerprint density at radius 3 is 2.88 bits per heavy atom. The summed E-state index contributed by atoms with van der Waals surface area (Å²) in [6, 6.07) is 0. The zero-order chi connectivity index (χ0) is 17.9. The van der Waals surface area contributed by atoms with E-state index in [9.17, 15) is 0 Å². The van der Waals surface area contributed by atoms with E-state index in [1.54, 1.807) is 11.3 Å². The van der Waals surface area contributed by atoms with E-state index in [0.29, 0.717) is 5.92 Å². The summed E-state index contributed by atoms with van der Waals surface area (Å²) < 4.78 is 11.2. The predicted molar refractivity (Wildman–Crippen MR) is 119 cm³/mol. The van der Waals surface area contributed by atoms with Crippen molar-refractivity contribution in [3.8, 4) is 0 Å². The molecule has 2 rings (SSSR count). The summed E-state index contributed by atoms with van der Waals surface area (Å²) in [5.41, 5.74) is 1.09. The second-order valence-electron chi connectivity index (χ2n) is 6.43. The maximum absolute atomic E-state index is 5.81. The molecule has 0 radical (unpaired) electrons. The summed E-state index contributed by atoms with van der Waals surface area (Å²) in [5.74, 6) is 1.60. The molecule has 6 nitrogen and oxygen atoms in total. The Kier molecular flexibility index (Phi) is 12.4. The quantitative estimate of drug-likeness (QED) is 0.246. The Hall–Kier alpha value is -0.450. The van der Waals surface area contributed by atoms with Gasteiger partial charge in [-0.3, -0.25) is 4.99 Å². The molecule has 1 saturated heterocycles. The fourth-order valence-corrected chi connectivity index (χ4v) is 3.39. The number of halogens is 1. The zero-order valence-electron chi connectivity index (χ0n) is 16.2. The van der Waals surface area contributed by atoms with E-state index in [1.165, 1.54) is 0 Å². The normalized spacial score (nSPS) is 15.6. The van der Waals surface area contributed by atoms with Crippen LogP contribution in [0.4, 0.5) is 0 Å². The Labute approximate surface area is 178 Å². The Balaban J connectivity index is 0.00000338. The number of ether oxygens (including phenoxy) is 2. The number of nitrogens with one attached hydrogen (secondary N) is 1. The van der Waals surface area contributed by atoms with Gasteiger partial charge in [0.25, 0.3) is 0 Å². The molecule has 26 heavy (non-hydrogen) atoms. The van der Waals surface area contributed by atoms with Gasteiger partial charge in [-0.2, -0.15) is 0 Å². The third kappa shape index (κ3) is 8.96. The molecule has 0 bridgehead atoms. The van der Waals surface area contributed by atoms with Crippen molar-refractivity contribution >= 4 is 41.3 Å². The fourth-order valence-electron chi connectivity index (χ4n) is 2.78. The van der Waals surface area contributed by atoms with Gasteiger partial charge in [0, 0.05) is 51.9 Å². The van der Waals surface area contributed by atoms with Crippen molar-refractivity contribution in [2.75, 3.05) is 46.6 Å². The Morgan fingerprint density at radius 2 is 2.23 bits per heavy atom. The molecular weight excluding hydrogens is 463 g/mol. The number of nitrogens with zero attached hydrogens (tertiary/aromatic N) is 3. The minimum atomic E-state index is 0. The maximum Gasteiger partial charge on any atom is 0.194 e. The molecule has 1 aromatic rings. The molecule has 0 unspecified atom stereocenters. The monoisotopic (exact) mass is 496 g/mol. The Morgan fingerprint density at radius 1 is 1.46 bits per heavy atom. The molecule has 0 amide bonds. The summed E-state index contributed by atoms with van der Waals surface area (Å²) in [6.45, 7) is 9.93. The number of guanidine groups is 1. The van der Waals surface area contributed by atoms with E-state index in [2.05, 4.69) is 34.6 Å². The molecule has 0 spiro atoms. The van der Waals surface area contributed by atoms with Crippen molar-refractivity contribution < 1.29 is 9.47 Å². The zero-order valence-corrected chi connectivity index (χ0v) is 19.3. The van der Waals surface area contributed by atoms with Crippen LogP contribution in [0, 0.1) is 12.8 Å². The van der Waals surface area contributed by atoms with Gasteiger partial charge in [-0.05, 0) is 39.0 Å². The van der Waals surface area contributed by atoms with Gasteiger partial charge in [-0.15, -0.1) is 35.3 Å². The summed E-state index contributed by atoms with van der Waals surface area (Å²) in [5, 5.41) is 6.56. The van der Waals surface area contributed by atoms with Crippen molar-refractivity contribution in [2.24, 2.45) is 10.9 Å². The number of aryl methyl sites for hydroxylation is 1. The molecule has 0 atom stereocenters. The second-order valence-corrected chi connectivity index (χ2v) is 7.50. The number of thiazole rings is 1. The average molecular weight is 496 g/mol. The lowest BCUT2D eigenvalue weighted by Crippen LogP contribution is -2.38. The lowest BCUT2D eigenvalue weighted by molar-refractivity contribution is 0.0205. The van der Waals surface area contributed by atoms with Gasteiger partial charge in [0.05, 0.1) is 17.2 Å². The predicted octanol–water partition coefficient (Wildman–Crippen LogP) is 3.30. The van der Waals surface area contributed by atoms with Crippen LogP contribution >= 0.6 is 35.3 Å². The number of hydrogen-bond donors (Lipinski definition) is 1. The molecule has 150 valence electrons. The third-order valence-corrected chi connectivity index (χ3v) is 4.99. The third-order valence-electron chi connectivity index (χ3n) is 4.16. The lowest BCUT2D eigenvalue weighted by atomic mass is 10.0. The minimum absolute atomic E-state index is 0. The van der Waals surface area contributed by atoms with Gasteiger partial charge in [0.15, 0.2) is 5.96 Å². The van der Waals surface area contributed by atoms with Crippen LogP contribution in [0.1, 0.15) is 36.9 Å². The first-order valence-corrected chi connectivity index (χ1v) is 10.1. The van der Waals surface area contributed by atoms with E-state index in [4.69, 9.17) is 14.5 Å². The summed E-state index contributed by atoms with van der Waals surface area (Å²) in [6.07, 6.45) is 3.20. The van der Waals surface area contributed by atoms with Crippen LogP contribution in [0.5, 0.6) is 0 Å². The minimum Gasteiger partial charge on any atom is -0.381 e. The second kappa shape index (κ2) is 13.7. The molecular formula is C18H33IN4O2S. The molecule has 1 fully saturated rings. The molecule has 1 aliphatic rings. The van der Waals surface area contributed by atoms with E-state index in [0.717, 1.165) is 82.0 Å². The highest BCUT2D eigenvalue weighted by atomic mass is 127. The first-order valence-electron chi connectivity index (χ1n) is 9.25. The molecule has 0 saturated carbocycles. The highest BCUT2D eigenvalue weighted by Gasteiger charge is 2.13. The molecule has 1 aromatic heterocycles. The average Bonchev–Trinajstić information content (AvgIpc) is 3.02. The van der Waals surface area contributed by atoms with Gasteiger partial charge in [-0.25, -0.2) is 4.98 Å². The number of hydrogen-bond acceptors (Lipinski definition) is 5. The van der Waals surface area contributed by atoms with Crippen molar-refractivity contribution in [2.45, 2.75) is 39.7 Å². The van der Waals surface area contributed by atoms with Crippen molar-refractivity contribution in [3.05, 3.63) is 16.1 Å².